The van der Waals surface area contributed by atoms with Crippen LogP contribution in [0.2, 0.25) is 0 Å². The molecular weight excluding hydrogens is 368 g/mol. The van der Waals surface area contributed by atoms with Gasteiger partial charge in [-0.3, -0.25) is 0 Å². The third-order valence-electron chi connectivity index (χ3n) is 6.66. The number of aromatic amines is 4. The van der Waals surface area contributed by atoms with Gasteiger partial charge in [0.15, 0.2) is 0 Å². The van der Waals surface area contributed by atoms with E-state index in [0.717, 1.165) is 33.5 Å². The highest BCUT2D eigenvalue weighted by Crippen LogP contribution is 2.42. The zero-order valence-corrected chi connectivity index (χ0v) is 16.5. The Kier molecular flexibility index (Phi) is 3.19. The van der Waals surface area contributed by atoms with E-state index in [0.29, 0.717) is 11.8 Å². The first-order valence-electron chi connectivity index (χ1n) is 10.7. The molecule has 4 aliphatic rings. The number of hydrogen-bond donors (Lipinski definition) is 4. The van der Waals surface area contributed by atoms with Gasteiger partial charge in [0.25, 0.3) is 0 Å². The van der Waals surface area contributed by atoms with Crippen molar-refractivity contribution in [1.29, 1.82) is 0 Å². The van der Waals surface area contributed by atoms with E-state index in [4.69, 9.17) is 0 Å². The Morgan fingerprint density at radius 3 is 1.43 bits per heavy atom. The van der Waals surface area contributed by atoms with Gasteiger partial charge in [0, 0.05) is 56.0 Å². The maximum atomic E-state index is 3.76. The Balaban J connectivity index is 1.55. The van der Waals surface area contributed by atoms with Crippen LogP contribution in [0, 0.1) is 0 Å². The lowest BCUT2D eigenvalue weighted by Crippen LogP contribution is -2.23. The molecule has 4 heteroatoms. The summed E-state index contributed by atoms with van der Waals surface area (Å²) in [5.41, 5.74) is 7.40. The summed E-state index contributed by atoms with van der Waals surface area (Å²) in [7, 11) is 0. The van der Waals surface area contributed by atoms with Gasteiger partial charge in [-0.1, -0.05) is 12.2 Å². The van der Waals surface area contributed by atoms with E-state index in [9.17, 15) is 0 Å². The molecule has 0 radical (unpaired) electrons. The van der Waals surface area contributed by atoms with Gasteiger partial charge in [-0.15, -0.1) is 0 Å². The molecule has 4 N–H and O–H groups in total. The van der Waals surface area contributed by atoms with Crippen molar-refractivity contribution in [2.24, 2.45) is 0 Å². The second-order valence-electron chi connectivity index (χ2n) is 8.64. The lowest BCUT2D eigenvalue weighted by Gasteiger charge is -2.31. The minimum atomic E-state index is 0.516. The Bertz CT molecular complexity index is 1450. The standard InChI is InChI=1S/C26H22N4/c1-2-16-4-3-15(1)25-23-13-21-9-7-19(28-21)11-17-5-6-18(27-17)12-20-8-10-22(29-20)14-24(30-23)26(16)25/h1-2,5-16,27-30H,3-4H2. The molecule has 2 atom stereocenters. The highest BCUT2D eigenvalue weighted by atomic mass is 14.8. The average Bonchev–Trinajstić information content (AvgIpc) is 3.54. The predicted molar refractivity (Wildman–Crippen MR) is 120 cm³/mol. The molecule has 2 unspecified atom stereocenters. The number of rotatable bonds is 0. The molecule has 1 aliphatic heterocycles. The minimum Gasteiger partial charge on any atom is -0.355 e. The van der Waals surface area contributed by atoms with Gasteiger partial charge >= 0.3 is 0 Å². The molecule has 0 spiro atoms. The average molecular weight is 390 g/mol. The minimum absolute atomic E-state index is 0.516. The van der Waals surface area contributed by atoms with Crippen LogP contribution in [0.4, 0.5) is 0 Å². The third kappa shape index (κ3) is 2.47. The second-order valence-corrected chi connectivity index (χ2v) is 8.64. The van der Waals surface area contributed by atoms with E-state index < -0.39 is 0 Å². The molecule has 3 aliphatic carbocycles. The van der Waals surface area contributed by atoms with Crippen molar-refractivity contribution in [3.05, 3.63) is 104 Å². The van der Waals surface area contributed by atoms with Crippen molar-refractivity contribution < 1.29 is 0 Å². The van der Waals surface area contributed by atoms with Gasteiger partial charge in [0.2, 0.25) is 0 Å². The maximum Gasteiger partial charge on any atom is 0.0447 e. The molecule has 5 heterocycles. The van der Waals surface area contributed by atoms with E-state index in [1.165, 1.54) is 34.7 Å². The smallest absolute Gasteiger partial charge is 0.0447 e. The van der Waals surface area contributed by atoms with Crippen molar-refractivity contribution in [2.45, 2.75) is 24.7 Å². The number of H-pyrrole nitrogens is 4. The van der Waals surface area contributed by atoms with Gasteiger partial charge in [0.05, 0.1) is 0 Å². The Labute approximate surface area is 173 Å². The number of nitrogens with one attached hydrogen (secondary N) is 4. The lowest BCUT2D eigenvalue weighted by atomic mass is 9.72. The van der Waals surface area contributed by atoms with Crippen molar-refractivity contribution in [1.82, 2.24) is 19.9 Å². The summed E-state index contributed by atoms with van der Waals surface area (Å²) in [5.74, 6) is 1.03. The molecule has 0 fully saturated rings. The van der Waals surface area contributed by atoms with Crippen molar-refractivity contribution in [3.63, 3.8) is 0 Å². The summed E-state index contributed by atoms with van der Waals surface area (Å²) in [6.07, 6.45) is 16.1. The van der Waals surface area contributed by atoms with E-state index in [2.05, 4.69) is 92.8 Å². The quantitative estimate of drug-likeness (QED) is 0.293. The van der Waals surface area contributed by atoms with Crippen molar-refractivity contribution in [2.75, 3.05) is 0 Å². The van der Waals surface area contributed by atoms with E-state index in [1.54, 1.807) is 0 Å². The molecule has 4 nitrogen and oxygen atoms in total. The molecule has 4 aromatic rings. The van der Waals surface area contributed by atoms with Gasteiger partial charge in [-0.25, -0.2) is 0 Å². The molecule has 30 heavy (non-hydrogen) atoms. The summed E-state index contributed by atoms with van der Waals surface area (Å²) in [6, 6.07) is 12.8. The number of hydrogen-bond acceptors (Lipinski definition) is 0. The van der Waals surface area contributed by atoms with Gasteiger partial charge in [-0.2, -0.15) is 0 Å². The van der Waals surface area contributed by atoms with Crippen LogP contribution in [0.3, 0.4) is 0 Å². The Morgan fingerprint density at radius 1 is 0.500 bits per heavy atom. The van der Waals surface area contributed by atoms with Gasteiger partial charge in [0.1, 0.15) is 0 Å². The van der Waals surface area contributed by atoms with Crippen LogP contribution in [0.5, 0.6) is 0 Å². The molecule has 146 valence electrons. The van der Waals surface area contributed by atoms with E-state index in [1.807, 2.05) is 0 Å². The van der Waals surface area contributed by atoms with Crippen molar-refractivity contribution >= 4 is 24.3 Å². The van der Waals surface area contributed by atoms with Crippen LogP contribution >= 0.6 is 0 Å². The number of aromatic nitrogens is 4. The monoisotopic (exact) mass is 390 g/mol. The first kappa shape index (κ1) is 16.2. The fraction of sp³-hybridized carbons (Fsp3) is 0.154. The van der Waals surface area contributed by atoms with Gasteiger partial charge < -0.3 is 19.9 Å². The fourth-order valence-corrected chi connectivity index (χ4v) is 5.34. The molecule has 10 bridgehead atoms. The molecule has 0 aromatic carbocycles. The molecular formula is C26H22N4. The predicted octanol–water partition coefficient (Wildman–Crippen LogP) is 2.16. The first-order valence-corrected chi connectivity index (χ1v) is 10.7. The van der Waals surface area contributed by atoms with Crippen LogP contribution in [-0.4, -0.2) is 19.9 Å². The molecule has 8 rings (SSSR count). The van der Waals surface area contributed by atoms with Crippen LogP contribution < -0.4 is 21.4 Å². The topological polar surface area (TPSA) is 63.2 Å². The van der Waals surface area contributed by atoms with E-state index >= 15 is 0 Å². The zero-order chi connectivity index (χ0) is 19.7. The summed E-state index contributed by atoms with van der Waals surface area (Å²) < 4.78 is 0. The first-order chi connectivity index (χ1) is 14.8. The molecule has 0 saturated heterocycles. The summed E-state index contributed by atoms with van der Waals surface area (Å²) in [4.78, 5) is 14.3. The summed E-state index contributed by atoms with van der Waals surface area (Å²) >= 11 is 0. The summed E-state index contributed by atoms with van der Waals surface area (Å²) in [6.45, 7) is 0. The third-order valence-corrected chi connectivity index (χ3v) is 6.66. The lowest BCUT2D eigenvalue weighted by molar-refractivity contribution is 0.553. The fourth-order valence-electron chi connectivity index (χ4n) is 5.34. The van der Waals surface area contributed by atoms with Gasteiger partial charge in [-0.05, 0) is 84.7 Å². The van der Waals surface area contributed by atoms with Crippen LogP contribution in [0.15, 0.2) is 48.6 Å². The normalized spacial score (nSPS) is 20.7. The molecule has 0 amide bonds. The van der Waals surface area contributed by atoms with Crippen molar-refractivity contribution in [3.8, 4) is 0 Å². The summed E-state index contributed by atoms with van der Waals surface area (Å²) in [5, 5.41) is 4.64. The second kappa shape index (κ2) is 5.92. The molecule has 4 aromatic heterocycles. The Morgan fingerprint density at radius 2 is 0.967 bits per heavy atom. The van der Waals surface area contributed by atoms with Crippen LogP contribution in [0.1, 0.15) is 58.6 Å². The van der Waals surface area contributed by atoms with Crippen LogP contribution in [-0.2, 0) is 0 Å². The highest BCUT2D eigenvalue weighted by molar-refractivity contribution is 5.59. The molecule has 0 saturated carbocycles. The largest absolute Gasteiger partial charge is 0.355 e. The zero-order valence-electron chi connectivity index (χ0n) is 16.5. The Hall–Kier alpha value is -3.66. The van der Waals surface area contributed by atoms with Crippen LogP contribution in [0.25, 0.3) is 24.3 Å². The van der Waals surface area contributed by atoms with E-state index in [-0.39, 0.29) is 0 Å². The number of allylic oxidation sites excluding steroid dienone is 2. The maximum absolute atomic E-state index is 3.76. The number of fused-ring (bicyclic) bond motifs is 9. The highest BCUT2D eigenvalue weighted by Gasteiger charge is 2.31. The SMILES string of the molecule is C1=CC2CCC1c1c2c2[nH]c1=Cc1ccc([nH]1)C=c1ccc([nH]1)=Cc1ccc([nH]1)C=2.